The van der Waals surface area contributed by atoms with Crippen LogP contribution in [-0.4, -0.2) is 4.98 Å². The second kappa shape index (κ2) is 5.11. The number of allylic oxidation sites excluding steroid dienone is 1. The van der Waals surface area contributed by atoms with Crippen LogP contribution in [0.1, 0.15) is 44.0 Å². The monoisotopic (exact) mass is 215 g/mol. The first-order chi connectivity index (χ1) is 7.55. The highest BCUT2D eigenvalue weighted by Crippen LogP contribution is 2.30. The summed E-state index contributed by atoms with van der Waals surface area (Å²) in [6.45, 7) is 14.3. The van der Waals surface area contributed by atoms with Crippen LogP contribution in [0, 0.1) is 0 Å². The Morgan fingerprint density at radius 1 is 1.38 bits per heavy atom. The maximum Gasteiger partial charge on any atom is 0.0626 e. The van der Waals surface area contributed by atoms with Gasteiger partial charge in [0.1, 0.15) is 0 Å². The molecule has 0 radical (unpaired) electrons. The molecule has 1 heterocycles. The predicted molar refractivity (Wildman–Crippen MR) is 71.5 cm³/mol. The van der Waals surface area contributed by atoms with E-state index in [9.17, 15) is 0 Å². The number of hydrogen-bond acceptors (Lipinski definition) is 1. The number of rotatable bonds is 5. The number of hydrogen-bond donors (Lipinski definition) is 0. The molecule has 0 aromatic carbocycles. The summed E-state index contributed by atoms with van der Waals surface area (Å²) in [4.78, 5) is 4.36. The summed E-state index contributed by atoms with van der Waals surface area (Å²) in [6, 6.07) is 2.15. The lowest BCUT2D eigenvalue weighted by atomic mass is 9.79. The molecule has 0 bridgehead atoms. The highest BCUT2D eigenvalue weighted by Gasteiger charge is 2.21. The van der Waals surface area contributed by atoms with Gasteiger partial charge in [-0.3, -0.25) is 4.98 Å². The Morgan fingerprint density at radius 3 is 2.56 bits per heavy atom. The van der Waals surface area contributed by atoms with Crippen LogP contribution in [0.3, 0.4) is 0 Å². The molecule has 86 valence electrons. The largest absolute Gasteiger partial charge is 0.257 e. The summed E-state index contributed by atoms with van der Waals surface area (Å²) in [5.41, 5.74) is 3.76. The van der Waals surface area contributed by atoms with E-state index in [4.69, 9.17) is 0 Å². The minimum absolute atomic E-state index is 0.180. The molecular weight excluding hydrogens is 194 g/mol. The normalized spacial score (nSPS) is 11.2. The average Bonchev–Trinajstić information content (AvgIpc) is 2.30. The Morgan fingerprint density at radius 2 is 2.06 bits per heavy atom. The van der Waals surface area contributed by atoms with Gasteiger partial charge in [0.2, 0.25) is 0 Å². The van der Waals surface area contributed by atoms with E-state index in [0.717, 1.165) is 18.5 Å². The quantitative estimate of drug-likeness (QED) is 0.673. The van der Waals surface area contributed by atoms with Gasteiger partial charge in [-0.05, 0) is 41.5 Å². The summed E-state index contributed by atoms with van der Waals surface area (Å²) < 4.78 is 0. The first-order valence-corrected chi connectivity index (χ1v) is 5.78. The number of pyridine rings is 1. The van der Waals surface area contributed by atoms with Gasteiger partial charge in [-0.25, -0.2) is 0 Å². The fraction of sp³-hybridized carbons (Fsp3) is 0.400. The lowest BCUT2D eigenvalue weighted by Crippen LogP contribution is -2.18. The second-order valence-corrected chi connectivity index (χ2v) is 4.70. The van der Waals surface area contributed by atoms with Crippen molar-refractivity contribution in [2.45, 2.75) is 39.0 Å². The SMILES string of the molecule is C=CCc1cnc(C=C)cc1C(C)(C)CC. The fourth-order valence-electron chi connectivity index (χ4n) is 1.75. The van der Waals surface area contributed by atoms with Crippen LogP contribution >= 0.6 is 0 Å². The molecule has 0 fully saturated rings. The van der Waals surface area contributed by atoms with Crippen LogP contribution in [0.5, 0.6) is 0 Å². The van der Waals surface area contributed by atoms with Crippen LogP contribution < -0.4 is 0 Å². The minimum Gasteiger partial charge on any atom is -0.257 e. The van der Waals surface area contributed by atoms with Gasteiger partial charge >= 0.3 is 0 Å². The van der Waals surface area contributed by atoms with Crippen LogP contribution in [0.15, 0.2) is 31.5 Å². The van der Waals surface area contributed by atoms with E-state index < -0.39 is 0 Å². The van der Waals surface area contributed by atoms with Gasteiger partial charge in [0, 0.05) is 6.20 Å². The molecule has 0 atom stereocenters. The third-order valence-corrected chi connectivity index (χ3v) is 3.19. The van der Waals surface area contributed by atoms with Crippen molar-refractivity contribution in [1.82, 2.24) is 4.98 Å². The zero-order valence-corrected chi connectivity index (χ0v) is 10.6. The maximum atomic E-state index is 4.36. The molecule has 1 aromatic heterocycles. The highest BCUT2D eigenvalue weighted by molar-refractivity contribution is 5.46. The molecule has 1 heteroatoms. The minimum atomic E-state index is 0.180. The van der Waals surface area contributed by atoms with Gasteiger partial charge in [0.15, 0.2) is 0 Å². The first-order valence-electron chi connectivity index (χ1n) is 5.78. The van der Waals surface area contributed by atoms with Gasteiger partial charge in [-0.1, -0.05) is 33.4 Å². The maximum absolute atomic E-state index is 4.36. The first kappa shape index (κ1) is 12.7. The van der Waals surface area contributed by atoms with Crippen molar-refractivity contribution in [2.24, 2.45) is 0 Å². The van der Waals surface area contributed by atoms with Crippen molar-refractivity contribution in [2.75, 3.05) is 0 Å². The van der Waals surface area contributed by atoms with Crippen molar-refractivity contribution >= 4 is 6.08 Å². The number of nitrogens with zero attached hydrogens (tertiary/aromatic N) is 1. The number of aromatic nitrogens is 1. The zero-order valence-electron chi connectivity index (χ0n) is 10.6. The molecule has 0 saturated carbocycles. The molecule has 0 aliphatic heterocycles. The molecule has 0 aliphatic rings. The van der Waals surface area contributed by atoms with Crippen LogP contribution in [0.2, 0.25) is 0 Å². The molecule has 1 rings (SSSR count). The fourth-order valence-corrected chi connectivity index (χ4v) is 1.75. The summed E-state index contributed by atoms with van der Waals surface area (Å²) in [6.07, 6.45) is 7.67. The van der Waals surface area contributed by atoms with Crippen molar-refractivity contribution in [3.05, 3.63) is 48.3 Å². The van der Waals surface area contributed by atoms with Gasteiger partial charge in [0.05, 0.1) is 5.69 Å². The van der Waals surface area contributed by atoms with Crippen LogP contribution in [0.4, 0.5) is 0 Å². The van der Waals surface area contributed by atoms with Gasteiger partial charge in [0.25, 0.3) is 0 Å². The summed E-state index contributed by atoms with van der Waals surface area (Å²) in [5.74, 6) is 0. The molecule has 1 aromatic rings. The molecule has 0 N–H and O–H groups in total. The highest BCUT2D eigenvalue weighted by atomic mass is 14.7. The smallest absolute Gasteiger partial charge is 0.0626 e. The molecule has 0 aliphatic carbocycles. The van der Waals surface area contributed by atoms with E-state index in [1.165, 1.54) is 11.1 Å². The summed E-state index contributed by atoms with van der Waals surface area (Å²) in [7, 11) is 0. The molecule has 16 heavy (non-hydrogen) atoms. The Kier molecular flexibility index (Phi) is 4.05. The van der Waals surface area contributed by atoms with Gasteiger partial charge in [-0.2, -0.15) is 0 Å². The van der Waals surface area contributed by atoms with E-state index >= 15 is 0 Å². The van der Waals surface area contributed by atoms with E-state index in [1.54, 1.807) is 6.08 Å². The second-order valence-electron chi connectivity index (χ2n) is 4.70. The van der Waals surface area contributed by atoms with E-state index in [0.29, 0.717) is 0 Å². The standard InChI is InChI=1S/C15H21N/c1-6-9-12-11-16-13(7-2)10-14(12)15(4,5)8-3/h6-7,10-11H,1-2,8-9H2,3-5H3. The molecule has 0 saturated heterocycles. The zero-order chi connectivity index (χ0) is 12.2. The van der Waals surface area contributed by atoms with Crippen molar-refractivity contribution in [3.63, 3.8) is 0 Å². The average molecular weight is 215 g/mol. The molecule has 0 amide bonds. The lowest BCUT2D eigenvalue weighted by molar-refractivity contribution is 0.501. The third-order valence-electron chi connectivity index (χ3n) is 3.19. The Balaban J connectivity index is 3.29. The topological polar surface area (TPSA) is 12.9 Å². The predicted octanol–water partition coefficient (Wildman–Crippen LogP) is 4.14. The van der Waals surface area contributed by atoms with Crippen molar-refractivity contribution in [1.29, 1.82) is 0 Å². The lowest BCUT2D eigenvalue weighted by Gasteiger charge is -2.26. The van der Waals surface area contributed by atoms with E-state index in [2.05, 4.69) is 45.0 Å². The Bertz CT molecular complexity index is 388. The molecule has 0 unspecified atom stereocenters. The Labute approximate surface area is 98.9 Å². The van der Waals surface area contributed by atoms with Crippen molar-refractivity contribution in [3.8, 4) is 0 Å². The molecule has 0 spiro atoms. The summed E-state index contributed by atoms with van der Waals surface area (Å²) in [5, 5.41) is 0. The van der Waals surface area contributed by atoms with Crippen LogP contribution in [0.25, 0.3) is 6.08 Å². The van der Waals surface area contributed by atoms with Crippen molar-refractivity contribution < 1.29 is 0 Å². The summed E-state index contributed by atoms with van der Waals surface area (Å²) >= 11 is 0. The Hall–Kier alpha value is -1.37. The molecule has 1 nitrogen and oxygen atoms in total. The van der Waals surface area contributed by atoms with E-state index in [-0.39, 0.29) is 5.41 Å². The third kappa shape index (κ3) is 2.60. The molecular formula is C15H21N. The van der Waals surface area contributed by atoms with Gasteiger partial charge in [-0.15, -0.1) is 6.58 Å². The van der Waals surface area contributed by atoms with Gasteiger partial charge < -0.3 is 0 Å². The van der Waals surface area contributed by atoms with E-state index in [1.807, 2.05) is 12.3 Å². The van der Waals surface area contributed by atoms with Crippen LogP contribution in [-0.2, 0) is 11.8 Å².